The zero-order chi connectivity index (χ0) is 15.9. The van der Waals surface area contributed by atoms with E-state index in [1.54, 1.807) is 5.98 Å². The first-order chi connectivity index (χ1) is 9.51. The molecule has 0 aromatic carbocycles. The molecule has 0 bridgehead atoms. The number of alkyl halides is 3. The van der Waals surface area contributed by atoms with E-state index in [0.717, 1.165) is 12.3 Å². The zero-order valence-electron chi connectivity index (χ0n) is 12.4. The van der Waals surface area contributed by atoms with Gasteiger partial charge in [-0.15, -0.1) is 0 Å². The zero-order valence-corrected chi connectivity index (χ0v) is 12.4. The van der Waals surface area contributed by atoms with Gasteiger partial charge < -0.3 is 9.31 Å². The summed E-state index contributed by atoms with van der Waals surface area (Å²) >= 11 is 0. The van der Waals surface area contributed by atoms with E-state index in [1.807, 2.05) is 27.7 Å². The van der Waals surface area contributed by atoms with Crippen LogP contribution in [0.4, 0.5) is 13.2 Å². The molecule has 0 amide bonds. The third-order valence-corrected chi connectivity index (χ3v) is 3.80. The summed E-state index contributed by atoms with van der Waals surface area (Å²) in [7, 11) is -0.593. The molecule has 1 aliphatic rings. The second-order valence-corrected chi connectivity index (χ2v) is 5.99. The molecule has 114 valence electrons. The predicted molar refractivity (Wildman–Crippen MR) is 74.4 cm³/mol. The van der Waals surface area contributed by atoms with Crippen LogP contribution in [0.3, 0.4) is 0 Å². The molecule has 1 aromatic rings. The van der Waals surface area contributed by atoms with Crippen molar-refractivity contribution < 1.29 is 22.5 Å². The molecule has 2 heterocycles. The fourth-order valence-electron chi connectivity index (χ4n) is 1.86. The average molecular weight is 299 g/mol. The second kappa shape index (κ2) is 5.14. The van der Waals surface area contributed by atoms with Gasteiger partial charge in [0.1, 0.15) is 0 Å². The Kier molecular flexibility index (Phi) is 3.93. The van der Waals surface area contributed by atoms with Crippen LogP contribution >= 0.6 is 0 Å². The van der Waals surface area contributed by atoms with Gasteiger partial charge in [0.2, 0.25) is 0 Å². The van der Waals surface area contributed by atoms with Gasteiger partial charge in [0.15, 0.2) is 0 Å². The van der Waals surface area contributed by atoms with Gasteiger partial charge in [-0.25, -0.2) is 0 Å². The van der Waals surface area contributed by atoms with Crippen LogP contribution in [0, 0.1) is 0 Å². The molecule has 0 aliphatic carbocycles. The summed E-state index contributed by atoms with van der Waals surface area (Å²) in [4.78, 5) is 3.60. The molecule has 0 radical (unpaired) electrons. The van der Waals surface area contributed by atoms with Gasteiger partial charge >= 0.3 is 13.3 Å². The maximum absolute atomic E-state index is 12.6. The molecule has 3 nitrogen and oxygen atoms in total. The topological polar surface area (TPSA) is 31.4 Å². The van der Waals surface area contributed by atoms with Crippen molar-refractivity contribution in [3.8, 4) is 0 Å². The van der Waals surface area contributed by atoms with E-state index in [2.05, 4.69) is 4.98 Å². The fourth-order valence-corrected chi connectivity index (χ4v) is 1.86. The summed E-state index contributed by atoms with van der Waals surface area (Å²) in [6.07, 6.45) is -0.727. The minimum Gasteiger partial charge on any atom is -0.400 e. The van der Waals surface area contributed by atoms with Gasteiger partial charge in [-0.2, -0.15) is 13.2 Å². The maximum Gasteiger partial charge on any atom is 0.487 e. The molecule has 0 saturated carbocycles. The SMILES string of the molecule is CC1(C)OB(/C=C/c2cncc(C(F)(F)F)c2)OC1(C)C. The standard InChI is InChI=1S/C14H17BF3NO2/c1-12(2)13(3,4)21-15(20-12)6-5-10-7-11(9-19-8-10)14(16,17)18/h5-9H,1-4H3/b6-5+. The van der Waals surface area contributed by atoms with Crippen LogP contribution in [0.25, 0.3) is 6.08 Å². The average Bonchev–Trinajstić information content (AvgIpc) is 2.55. The minimum absolute atomic E-state index is 0.347. The van der Waals surface area contributed by atoms with E-state index >= 15 is 0 Å². The second-order valence-electron chi connectivity index (χ2n) is 5.99. The maximum atomic E-state index is 12.6. The molecule has 1 aromatic heterocycles. The van der Waals surface area contributed by atoms with Crippen molar-refractivity contribution in [3.63, 3.8) is 0 Å². The largest absolute Gasteiger partial charge is 0.487 e. The minimum atomic E-state index is -4.40. The van der Waals surface area contributed by atoms with Gasteiger partial charge in [-0.3, -0.25) is 4.98 Å². The fraction of sp³-hybridized carbons (Fsp3) is 0.500. The Morgan fingerprint density at radius 3 is 2.19 bits per heavy atom. The van der Waals surface area contributed by atoms with Crippen LogP contribution in [-0.2, 0) is 15.5 Å². The number of halogens is 3. The first-order valence-electron chi connectivity index (χ1n) is 6.57. The summed E-state index contributed by atoms with van der Waals surface area (Å²) in [6.45, 7) is 7.64. The Bertz CT molecular complexity index is 539. The molecule has 0 N–H and O–H groups in total. The van der Waals surface area contributed by atoms with Crippen molar-refractivity contribution in [2.24, 2.45) is 0 Å². The van der Waals surface area contributed by atoms with Crippen LogP contribution in [0.5, 0.6) is 0 Å². The summed E-state index contributed by atoms with van der Waals surface area (Å²) < 4.78 is 49.3. The lowest BCUT2D eigenvalue weighted by Crippen LogP contribution is -2.41. The van der Waals surface area contributed by atoms with Crippen LogP contribution in [-0.4, -0.2) is 23.3 Å². The van der Waals surface area contributed by atoms with Crippen LogP contribution in [0.2, 0.25) is 0 Å². The molecule has 7 heteroatoms. The number of nitrogens with zero attached hydrogens (tertiary/aromatic N) is 1. The van der Waals surface area contributed by atoms with E-state index in [0.29, 0.717) is 5.56 Å². The number of pyridine rings is 1. The Hall–Kier alpha value is -1.34. The molecule has 1 fully saturated rings. The van der Waals surface area contributed by atoms with E-state index in [1.165, 1.54) is 12.3 Å². The number of rotatable bonds is 2. The Labute approximate surface area is 122 Å². The quantitative estimate of drug-likeness (QED) is 0.779. The highest BCUT2D eigenvalue weighted by molar-refractivity contribution is 6.52. The molecule has 0 spiro atoms. The molecular formula is C14H17BF3NO2. The van der Waals surface area contributed by atoms with Crippen LogP contribution in [0.1, 0.15) is 38.8 Å². The monoisotopic (exact) mass is 299 g/mol. The first kappa shape index (κ1) is 16.0. The van der Waals surface area contributed by atoms with Gasteiger partial charge in [-0.1, -0.05) is 12.1 Å². The molecule has 1 saturated heterocycles. The normalized spacial score (nSPS) is 21.2. The number of hydrogen-bond acceptors (Lipinski definition) is 3. The third kappa shape index (κ3) is 3.47. The predicted octanol–water partition coefficient (Wildman–Crippen LogP) is 3.75. The molecule has 1 aliphatic heterocycles. The summed E-state index contributed by atoms with van der Waals surface area (Å²) in [6, 6.07) is 1.04. The Morgan fingerprint density at radius 1 is 1.10 bits per heavy atom. The highest BCUT2D eigenvalue weighted by Crippen LogP contribution is 2.37. The highest BCUT2D eigenvalue weighted by atomic mass is 19.4. The van der Waals surface area contributed by atoms with Gasteiger partial charge in [0, 0.05) is 12.4 Å². The smallest absolute Gasteiger partial charge is 0.400 e. The van der Waals surface area contributed by atoms with Crippen molar-refractivity contribution in [1.29, 1.82) is 0 Å². The van der Waals surface area contributed by atoms with Crippen molar-refractivity contribution in [1.82, 2.24) is 4.98 Å². The lowest BCUT2D eigenvalue weighted by atomic mass is 9.89. The van der Waals surface area contributed by atoms with Crippen molar-refractivity contribution in [3.05, 3.63) is 35.6 Å². The van der Waals surface area contributed by atoms with E-state index in [-0.39, 0.29) is 0 Å². The number of aromatic nitrogens is 1. The first-order valence-corrected chi connectivity index (χ1v) is 6.57. The van der Waals surface area contributed by atoms with Crippen molar-refractivity contribution in [2.45, 2.75) is 45.1 Å². The van der Waals surface area contributed by atoms with E-state index in [9.17, 15) is 13.2 Å². The number of hydrogen-bond donors (Lipinski definition) is 0. The molecule has 0 atom stereocenters. The summed E-state index contributed by atoms with van der Waals surface area (Å²) in [5.74, 6) is 1.59. The van der Waals surface area contributed by atoms with Crippen LogP contribution in [0.15, 0.2) is 24.4 Å². The van der Waals surface area contributed by atoms with Crippen molar-refractivity contribution in [2.75, 3.05) is 0 Å². The van der Waals surface area contributed by atoms with Gasteiger partial charge in [0.05, 0.1) is 16.8 Å². The summed E-state index contributed by atoms with van der Waals surface area (Å²) in [5.41, 5.74) is -1.39. The lowest BCUT2D eigenvalue weighted by molar-refractivity contribution is -0.137. The van der Waals surface area contributed by atoms with E-state index in [4.69, 9.17) is 9.31 Å². The molecule has 21 heavy (non-hydrogen) atoms. The van der Waals surface area contributed by atoms with Crippen LogP contribution < -0.4 is 0 Å². The summed E-state index contributed by atoms with van der Waals surface area (Å²) in [5, 5.41) is 0. The van der Waals surface area contributed by atoms with Crippen molar-refractivity contribution >= 4 is 13.2 Å². The molecule has 2 rings (SSSR count). The van der Waals surface area contributed by atoms with E-state index < -0.39 is 30.1 Å². The molecular weight excluding hydrogens is 282 g/mol. The lowest BCUT2D eigenvalue weighted by Gasteiger charge is -2.32. The third-order valence-electron chi connectivity index (χ3n) is 3.80. The Balaban J connectivity index is 2.13. The molecule has 0 unspecified atom stereocenters. The Morgan fingerprint density at radius 2 is 1.67 bits per heavy atom. The van der Waals surface area contributed by atoms with Gasteiger partial charge in [-0.05, 0) is 39.3 Å². The highest BCUT2D eigenvalue weighted by Gasteiger charge is 2.50. The van der Waals surface area contributed by atoms with Gasteiger partial charge in [0.25, 0.3) is 0 Å².